The summed E-state index contributed by atoms with van der Waals surface area (Å²) in [6.07, 6.45) is 15.7. The summed E-state index contributed by atoms with van der Waals surface area (Å²) in [5.74, 6) is 3.01. The van der Waals surface area contributed by atoms with E-state index in [1.54, 1.807) is 0 Å². The molecule has 0 fully saturated rings. The van der Waals surface area contributed by atoms with Crippen LogP contribution in [0.3, 0.4) is 0 Å². The summed E-state index contributed by atoms with van der Waals surface area (Å²) in [5.41, 5.74) is 0.617. The molecule has 0 saturated heterocycles. The minimum absolute atomic E-state index is 0. The van der Waals surface area contributed by atoms with Gasteiger partial charge in [-0.25, -0.2) is 0 Å². The third-order valence-corrected chi connectivity index (χ3v) is 7.21. The SMILES string of the molecule is C.C.C.C.CCCCC(CC)COCC(C)C.CCCC[C@@H](CC)COCC(C)(C)C.CCCC[C@H](CC)COCC(C)(C)C. The number of hydrogen-bond donors (Lipinski definition) is 0. The summed E-state index contributed by atoms with van der Waals surface area (Å²) >= 11 is 0. The summed E-state index contributed by atoms with van der Waals surface area (Å²) in [7, 11) is 0. The second-order valence-corrected chi connectivity index (χ2v) is 15.3. The monoisotopic (exact) mass is 651 g/mol. The fourth-order valence-electron chi connectivity index (χ4n) is 4.23. The highest BCUT2D eigenvalue weighted by Crippen LogP contribution is 2.18. The zero-order valence-corrected chi connectivity index (χ0v) is 31.3. The van der Waals surface area contributed by atoms with Gasteiger partial charge in [0.2, 0.25) is 0 Å². The molecule has 3 nitrogen and oxygen atoms in total. The minimum atomic E-state index is 0. The molecule has 0 aliphatic rings. The first-order chi connectivity index (χ1) is 19.2. The summed E-state index contributed by atoms with van der Waals surface area (Å²) < 4.78 is 17.1. The Kier molecular flexibility index (Phi) is 53.6. The van der Waals surface area contributed by atoms with E-state index < -0.39 is 0 Å². The Morgan fingerprint density at radius 1 is 0.422 bits per heavy atom. The number of hydrogen-bond acceptors (Lipinski definition) is 3. The van der Waals surface area contributed by atoms with Crippen molar-refractivity contribution >= 4 is 0 Å². The molecule has 284 valence electrons. The van der Waals surface area contributed by atoms with Crippen LogP contribution in [-0.2, 0) is 14.2 Å². The van der Waals surface area contributed by atoms with Crippen molar-refractivity contribution in [3.05, 3.63) is 0 Å². The Hall–Kier alpha value is -0.120. The van der Waals surface area contributed by atoms with Crippen molar-refractivity contribution < 1.29 is 14.2 Å². The maximum atomic E-state index is 5.75. The smallest absolute Gasteiger partial charge is 0.0514 e. The third-order valence-electron chi connectivity index (χ3n) is 7.21. The first-order valence-corrected chi connectivity index (χ1v) is 17.9. The van der Waals surface area contributed by atoms with Gasteiger partial charge in [0, 0.05) is 26.4 Å². The van der Waals surface area contributed by atoms with Crippen molar-refractivity contribution in [1.29, 1.82) is 0 Å². The van der Waals surface area contributed by atoms with Gasteiger partial charge in [0.1, 0.15) is 0 Å². The van der Waals surface area contributed by atoms with E-state index in [2.05, 4.69) is 96.9 Å². The molecule has 0 aromatic rings. The van der Waals surface area contributed by atoms with Gasteiger partial charge in [-0.15, -0.1) is 0 Å². The molecule has 0 heterocycles. The summed E-state index contributed by atoms with van der Waals surface area (Å²) in [5, 5.41) is 0. The zero-order valence-electron chi connectivity index (χ0n) is 31.3. The first-order valence-electron chi connectivity index (χ1n) is 17.9. The highest BCUT2D eigenvalue weighted by atomic mass is 16.5. The van der Waals surface area contributed by atoms with Crippen LogP contribution in [0.2, 0.25) is 0 Å². The molecular formula is C42H98O3. The lowest BCUT2D eigenvalue weighted by atomic mass is 9.98. The predicted octanol–water partition coefficient (Wildman–Crippen LogP) is 15.0. The van der Waals surface area contributed by atoms with E-state index in [9.17, 15) is 0 Å². The molecule has 0 N–H and O–H groups in total. The molecule has 0 aromatic heterocycles. The Labute approximate surface area is 291 Å². The van der Waals surface area contributed by atoms with Crippen LogP contribution in [0.4, 0.5) is 0 Å². The van der Waals surface area contributed by atoms with Gasteiger partial charge >= 0.3 is 0 Å². The molecule has 3 atom stereocenters. The second-order valence-electron chi connectivity index (χ2n) is 15.3. The van der Waals surface area contributed by atoms with Crippen molar-refractivity contribution in [1.82, 2.24) is 0 Å². The molecule has 1 unspecified atom stereocenters. The van der Waals surface area contributed by atoms with Crippen LogP contribution in [-0.4, -0.2) is 39.6 Å². The Bertz CT molecular complexity index is 457. The molecule has 0 radical (unpaired) electrons. The minimum Gasteiger partial charge on any atom is -0.381 e. The summed E-state index contributed by atoms with van der Waals surface area (Å²) in [4.78, 5) is 0. The van der Waals surface area contributed by atoms with E-state index in [-0.39, 0.29) is 29.7 Å². The van der Waals surface area contributed by atoms with E-state index in [1.807, 2.05) is 0 Å². The van der Waals surface area contributed by atoms with Crippen molar-refractivity contribution in [3.8, 4) is 0 Å². The molecule has 0 amide bonds. The Morgan fingerprint density at radius 3 is 0.889 bits per heavy atom. The maximum absolute atomic E-state index is 5.75. The van der Waals surface area contributed by atoms with Crippen LogP contribution in [0.1, 0.15) is 204 Å². The normalized spacial score (nSPS) is 12.9. The van der Waals surface area contributed by atoms with Gasteiger partial charge in [-0.1, -0.05) is 184 Å². The largest absolute Gasteiger partial charge is 0.381 e. The fourth-order valence-corrected chi connectivity index (χ4v) is 4.23. The topological polar surface area (TPSA) is 27.7 Å². The summed E-state index contributed by atoms with van der Waals surface area (Å²) in [6.45, 7) is 36.8. The standard InChI is InChI=1S/2C13H28O.C12H26O.4CH4/c2*1-6-8-9-12(7-2)10-14-11-13(3,4)5;1-5-7-8-12(6-2)10-13-9-11(3)4;;;;/h2*12H,6-11H2,1-5H3;11-12H,5-10H2,1-4H3;4*1H4/t2*12-;;;;;/m10...../s1. The van der Waals surface area contributed by atoms with Crippen LogP contribution in [0.25, 0.3) is 0 Å². The molecule has 0 aromatic carbocycles. The maximum Gasteiger partial charge on any atom is 0.0514 e. The molecule has 0 aliphatic carbocycles. The van der Waals surface area contributed by atoms with Gasteiger partial charge in [0.05, 0.1) is 13.2 Å². The molecule has 0 bridgehead atoms. The summed E-state index contributed by atoms with van der Waals surface area (Å²) in [6, 6.07) is 0. The quantitative estimate of drug-likeness (QED) is 0.117. The average Bonchev–Trinajstić information content (AvgIpc) is 2.89. The van der Waals surface area contributed by atoms with Crippen molar-refractivity contribution in [2.75, 3.05) is 39.6 Å². The third kappa shape index (κ3) is 53.6. The fraction of sp³-hybridized carbons (Fsp3) is 1.00. The van der Waals surface area contributed by atoms with E-state index in [4.69, 9.17) is 14.2 Å². The zero-order chi connectivity index (χ0) is 32.2. The lowest BCUT2D eigenvalue weighted by Gasteiger charge is -2.21. The Morgan fingerprint density at radius 2 is 0.689 bits per heavy atom. The average molecular weight is 651 g/mol. The second kappa shape index (κ2) is 40.1. The first kappa shape index (κ1) is 60.2. The van der Waals surface area contributed by atoms with Crippen molar-refractivity contribution in [2.45, 2.75) is 204 Å². The van der Waals surface area contributed by atoms with Crippen LogP contribution in [0, 0.1) is 34.5 Å². The molecule has 0 rings (SSSR count). The van der Waals surface area contributed by atoms with E-state index in [0.717, 1.165) is 57.4 Å². The van der Waals surface area contributed by atoms with E-state index >= 15 is 0 Å². The molecular weight excluding hydrogens is 552 g/mol. The lowest BCUT2D eigenvalue weighted by molar-refractivity contribution is 0.0443. The van der Waals surface area contributed by atoms with Gasteiger partial charge in [-0.05, 0) is 53.8 Å². The van der Waals surface area contributed by atoms with Crippen LogP contribution < -0.4 is 0 Å². The van der Waals surface area contributed by atoms with E-state index in [0.29, 0.717) is 16.7 Å². The van der Waals surface area contributed by atoms with Crippen molar-refractivity contribution in [3.63, 3.8) is 0 Å². The molecule has 45 heavy (non-hydrogen) atoms. The molecule has 3 heteroatoms. The van der Waals surface area contributed by atoms with Gasteiger partial charge in [0.25, 0.3) is 0 Å². The Balaban J connectivity index is -0.0000000922. The number of ether oxygens (including phenoxy) is 3. The van der Waals surface area contributed by atoms with Crippen LogP contribution in [0.15, 0.2) is 0 Å². The van der Waals surface area contributed by atoms with Crippen LogP contribution >= 0.6 is 0 Å². The van der Waals surface area contributed by atoms with Gasteiger partial charge < -0.3 is 14.2 Å². The number of unbranched alkanes of at least 4 members (excludes halogenated alkanes) is 3. The van der Waals surface area contributed by atoms with Crippen LogP contribution in [0.5, 0.6) is 0 Å². The van der Waals surface area contributed by atoms with Gasteiger partial charge in [-0.3, -0.25) is 0 Å². The highest BCUT2D eigenvalue weighted by molar-refractivity contribution is 4.62. The predicted molar refractivity (Wildman–Crippen MR) is 213 cm³/mol. The number of rotatable bonds is 22. The molecule has 0 saturated carbocycles. The van der Waals surface area contributed by atoms with Gasteiger partial charge in [-0.2, -0.15) is 0 Å². The highest BCUT2D eigenvalue weighted by Gasteiger charge is 2.13. The molecule has 0 aliphatic heterocycles. The lowest BCUT2D eigenvalue weighted by Crippen LogP contribution is -2.18. The molecule has 0 spiro atoms. The van der Waals surface area contributed by atoms with Crippen molar-refractivity contribution in [2.24, 2.45) is 34.5 Å². The van der Waals surface area contributed by atoms with E-state index in [1.165, 1.54) is 77.0 Å². The van der Waals surface area contributed by atoms with Gasteiger partial charge in [0.15, 0.2) is 0 Å².